The van der Waals surface area contributed by atoms with Crippen LogP contribution in [0.1, 0.15) is 31.8 Å². The molecule has 0 saturated carbocycles. The molecule has 0 N–H and O–H groups in total. The average Bonchev–Trinajstić information content (AvgIpc) is 3.26. The number of carbonyl (C=O) groups excluding carboxylic acids is 2. The largest absolute Gasteiger partial charge is 0.308 e. The number of hydrogen-bond donors (Lipinski definition) is 0. The van der Waals surface area contributed by atoms with Crippen LogP contribution >= 0.6 is 0 Å². The molecule has 0 saturated heterocycles. The molecule has 0 fully saturated rings. The van der Waals surface area contributed by atoms with Crippen molar-refractivity contribution < 1.29 is 14.5 Å². The van der Waals surface area contributed by atoms with Gasteiger partial charge in [-0.15, -0.1) is 0 Å². The number of nitro groups is 1. The van der Waals surface area contributed by atoms with Crippen LogP contribution in [0.4, 0.5) is 11.4 Å². The van der Waals surface area contributed by atoms with Crippen LogP contribution in [-0.2, 0) is 6.42 Å². The van der Waals surface area contributed by atoms with Gasteiger partial charge in [-0.25, -0.2) is 0 Å². The summed E-state index contributed by atoms with van der Waals surface area (Å²) in [4.78, 5) is 38.0. The number of fused-ring (bicyclic) bond motifs is 4. The molecule has 2 aliphatic rings. The highest BCUT2D eigenvalue weighted by atomic mass is 16.6. The number of amides is 1. The number of carbonyl (C=O) groups is 2. The van der Waals surface area contributed by atoms with E-state index in [1.54, 1.807) is 35.2 Å². The Morgan fingerprint density at radius 3 is 2.46 bits per heavy atom. The van der Waals surface area contributed by atoms with Gasteiger partial charge in [0.2, 0.25) is 0 Å². The zero-order valence-corrected chi connectivity index (χ0v) is 14.7. The maximum atomic E-state index is 13.1. The molecular formula is C22H14N2O4. The molecule has 0 aromatic heterocycles. The Kier molecular flexibility index (Phi) is 3.42. The minimum atomic E-state index is -0.466. The normalized spacial score (nSPS) is 13.9. The van der Waals surface area contributed by atoms with Gasteiger partial charge in [-0.05, 0) is 35.2 Å². The van der Waals surface area contributed by atoms with Crippen LogP contribution in [0.5, 0.6) is 0 Å². The second kappa shape index (κ2) is 5.85. The maximum Gasteiger partial charge on any atom is 0.271 e. The van der Waals surface area contributed by atoms with Gasteiger partial charge in [0.05, 0.1) is 10.6 Å². The molecule has 28 heavy (non-hydrogen) atoms. The van der Waals surface area contributed by atoms with Crippen molar-refractivity contribution in [3.8, 4) is 11.1 Å². The predicted molar refractivity (Wildman–Crippen MR) is 104 cm³/mol. The van der Waals surface area contributed by atoms with Crippen molar-refractivity contribution in [2.45, 2.75) is 6.42 Å². The quantitative estimate of drug-likeness (QED) is 0.394. The molecule has 3 aromatic carbocycles. The van der Waals surface area contributed by atoms with E-state index in [2.05, 4.69) is 0 Å². The fourth-order valence-electron chi connectivity index (χ4n) is 4.01. The van der Waals surface area contributed by atoms with Crippen molar-refractivity contribution in [1.82, 2.24) is 0 Å². The molecule has 0 spiro atoms. The highest BCUT2D eigenvalue weighted by Gasteiger charge is 2.30. The summed E-state index contributed by atoms with van der Waals surface area (Å²) >= 11 is 0. The van der Waals surface area contributed by atoms with Gasteiger partial charge in [0.15, 0.2) is 5.78 Å². The molecule has 0 atom stereocenters. The van der Waals surface area contributed by atoms with E-state index in [0.29, 0.717) is 35.3 Å². The lowest BCUT2D eigenvalue weighted by atomic mass is 10.0. The summed E-state index contributed by atoms with van der Waals surface area (Å²) in [6.07, 6.45) is 0.647. The minimum Gasteiger partial charge on any atom is -0.308 e. The third-order valence-corrected chi connectivity index (χ3v) is 5.39. The summed E-state index contributed by atoms with van der Waals surface area (Å²) in [5, 5.41) is 11.1. The number of anilines is 1. The summed E-state index contributed by atoms with van der Waals surface area (Å²) in [5.41, 5.74) is 4.70. The van der Waals surface area contributed by atoms with Crippen LogP contribution in [-0.4, -0.2) is 23.2 Å². The molecule has 136 valence electrons. The first kappa shape index (κ1) is 16.4. The Bertz CT molecular complexity index is 1200. The third-order valence-electron chi connectivity index (χ3n) is 5.39. The van der Waals surface area contributed by atoms with E-state index in [1.165, 1.54) is 12.1 Å². The van der Waals surface area contributed by atoms with Crippen molar-refractivity contribution >= 4 is 23.1 Å². The molecule has 1 aliphatic carbocycles. The van der Waals surface area contributed by atoms with Crippen molar-refractivity contribution in [1.29, 1.82) is 0 Å². The smallest absolute Gasteiger partial charge is 0.271 e. The molecule has 0 bridgehead atoms. The van der Waals surface area contributed by atoms with Gasteiger partial charge in [-0.3, -0.25) is 19.7 Å². The predicted octanol–water partition coefficient (Wildman–Crippen LogP) is 4.01. The van der Waals surface area contributed by atoms with Gasteiger partial charge >= 0.3 is 0 Å². The van der Waals surface area contributed by atoms with Crippen LogP contribution < -0.4 is 4.90 Å². The lowest BCUT2D eigenvalue weighted by Crippen LogP contribution is -2.29. The van der Waals surface area contributed by atoms with Gasteiger partial charge < -0.3 is 4.90 Å². The molecule has 6 heteroatoms. The Morgan fingerprint density at radius 1 is 0.929 bits per heavy atom. The fraction of sp³-hybridized carbons (Fsp3) is 0.0909. The molecule has 3 aromatic rings. The van der Waals surface area contributed by atoms with E-state index >= 15 is 0 Å². The van der Waals surface area contributed by atoms with E-state index in [-0.39, 0.29) is 17.4 Å². The number of nitro benzene ring substituents is 1. The molecule has 5 rings (SSSR count). The highest BCUT2D eigenvalue weighted by molar-refractivity contribution is 6.22. The molecule has 0 unspecified atom stereocenters. The van der Waals surface area contributed by atoms with E-state index in [0.717, 1.165) is 16.7 Å². The number of benzene rings is 3. The number of hydrogen-bond acceptors (Lipinski definition) is 4. The first-order valence-corrected chi connectivity index (χ1v) is 8.92. The second-order valence-electron chi connectivity index (χ2n) is 6.91. The molecule has 1 amide bonds. The van der Waals surface area contributed by atoms with Crippen molar-refractivity contribution in [2.24, 2.45) is 0 Å². The Morgan fingerprint density at radius 2 is 1.68 bits per heavy atom. The Hall–Kier alpha value is -3.80. The fourth-order valence-corrected chi connectivity index (χ4v) is 4.01. The Labute approximate surface area is 160 Å². The van der Waals surface area contributed by atoms with Crippen LogP contribution in [0.3, 0.4) is 0 Å². The summed E-state index contributed by atoms with van der Waals surface area (Å²) in [7, 11) is 0. The lowest BCUT2D eigenvalue weighted by molar-refractivity contribution is -0.384. The van der Waals surface area contributed by atoms with E-state index < -0.39 is 4.92 Å². The third kappa shape index (κ3) is 2.28. The van der Waals surface area contributed by atoms with Crippen LogP contribution in [0.15, 0.2) is 60.7 Å². The number of ketones is 1. The first-order chi connectivity index (χ1) is 13.5. The molecule has 0 radical (unpaired) electrons. The van der Waals surface area contributed by atoms with Crippen molar-refractivity contribution in [2.75, 3.05) is 11.4 Å². The highest BCUT2D eigenvalue weighted by Crippen LogP contribution is 2.38. The molecular weight excluding hydrogens is 356 g/mol. The molecule has 6 nitrogen and oxygen atoms in total. The average molecular weight is 370 g/mol. The standard InChI is InChI=1S/C22H14N2O4/c25-21-18-4-2-1-3-16(18)17-8-6-14(11-19(17)21)22(26)23-10-9-13-5-7-15(24(27)28)12-20(13)23/h1-8,11-12H,9-10H2. The van der Waals surface area contributed by atoms with Crippen LogP contribution in [0.25, 0.3) is 11.1 Å². The van der Waals surface area contributed by atoms with Crippen LogP contribution in [0, 0.1) is 10.1 Å². The Balaban J connectivity index is 1.53. The summed E-state index contributed by atoms with van der Waals surface area (Å²) in [6, 6.07) is 17.1. The number of nitrogens with zero attached hydrogens (tertiary/aromatic N) is 2. The summed E-state index contributed by atoms with van der Waals surface area (Å²) < 4.78 is 0. The zero-order chi connectivity index (χ0) is 19.4. The van der Waals surface area contributed by atoms with Crippen LogP contribution in [0.2, 0.25) is 0 Å². The second-order valence-corrected chi connectivity index (χ2v) is 6.91. The van der Waals surface area contributed by atoms with Gasteiger partial charge in [0, 0.05) is 35.4 Å². The van der Waals surface area contributed by atoms with Gasteiger partial charge in [-0.2, -0.15) is 0 Å². The summed E-state index contributed by atoms with van der Waals surface area (Å²) in [6.45, 7) is 0.459. The van der Waals surface area contributed by atoms with Gasteiger partial charge in [0.1, 0.15) is 0 Å². The lowest BCUT2D eigenvalue weighted by Gasteiger charge is -2.17. The van der Waals surface area contributed by atoms with E-state index in [9.17, 15) is 19.7 Å². The first-order valence-electron chi connectivity index (χ1n) is 8.92. The molecule has 1 heterocycles. The topological polar surface area (TPSA) is 80.5 Å². The van der Waals surface area contributed by atoms with Gasteiger partial charge in [-0.1, -0.05) is 36.4 Å². The zero-order valence-electron chi connectivity index (χ0n) is 14.7. The minimum absolute atomic E-state index is 0.0435. The van der Waals surface area contributed by atoms with E-state index in [4.69, 9.17) is 0 Å². The van der Waals surface area contributed by atoms with E-state index in [1.807, 2.05) is 18.2 Å². The van der Waals surface area contributed by atoms with Gasteiger partial charge in [0.25, 0.3) is 11.6 Å². The van der Waals surface area contributed by atoms with Crippen molar-refractivity contribution in [3.63, 3.8) is 0 Å². The summed E-state index contributed by atoms with van der Waals surface area (Å²) in [5.74, 6) is -0.344. The maximum absolute atomic E-state index is 13.1. The van der Waals surface area contributed by atoms with Crippen molar-refractivity contribution in [3.05, 3.63) is 93.0 Å². The number of rotatable bonds is 2. The monoisotopic (exact) mass is 370 g/mol. The number of non-ortho nitro benzene ring substituents is 1. The SMILES string of the molecule is O=C1c2ccccc2-c2ccc(C(=O)N3CCc4ccc([N+](=O)[O-])cc43)cc21. The molecule has 1 aliphatic heterocycles.